The van der Waals surface area contributed by atoms with Gasteiger partial charge in [-0.2, -0.15) is 4.98 Å². The quantitative estimate of drug-likeness (QED) is 0.752. The van der Waals surface area contributed by atoms with Crippen molar-refractivity contribution in [2.45, 2.75) is 31.4 Å². The zero-order valence-electron chi connectivity index (χ0n) is 13.4. The van der Waals surface area contributed by atoms with Crippen LogP contribution in [-0.2, 0) is 16.1 Å². The number of hydrogen-bond donors (Lipinski definition) is 2. The van der Waals surface area contributed by atoms with Crippen LogP contribution in [-0.4, -0.2) is 35.8 Å². The average Bonchev–Trinajstić information content (AvgIpc) is 3.33. The van der Waals surface area contributed by atoms with Crippen LogP contribution in [0.4, 0.5) is 5.69 Å². The third-order valence-corrected chi connectivity index (χ3v) is 3.58. The van der Waals surface area contributed by atoms with Crippen molar-refractivity contribution < 1.29 is 18.8 Å². The van der Waals surface area contributed by atoms with Crippen LogP contribution < -0.4 is 15.8 Å². The van der Waals surface area contributed by atoms with Gasteiger partial charge in [-0.1, -0.05) is 5.16 Å². The van der Waals surface area contributed by atoms with Crippen LogP contribution in [0, 0.1) is 0 Å². The molecule has 1 heterocycles. The Balaban J connectivity index is 1.49. The Morgan fingerprint density at radius 3 is 2.83 bits per heavy atom. The molecule has 128 valence electrons. The van der Waals surface area contributed by atoms with Gasteiger partial charge in [0.15, 0.2) is 6.61 Å². The van der Waals surface area contributed by atoms with Crippen molar-refractivity contribution in [2.24, 2.45) is 5.73 Å². The van der Waals surface area contributed by atoms with Crippen molar-refractivity contribution >= 4 is 11.6 Å². The van der Waals surface area contributed by atoms with Crippen LogP contribution in [0.15, 0.2) is 28.8 Å². The van der Waals surface area contributed by atoms with Gasteiger partial charge in [-0.25, -0.2) is 0 Å². The summed E-state index contributed by atoms with van der Waals surface area (Å²) in [6, 6.07) is 6.26. The lowest BCUT2D eigenvalue weighted by atomic mass is 10.2. The summed E-state index contributed by atoms with van der Waals surface area (Å²) in [5.41, 5.74) is 6.29. The summed E-state index contributed by atoms with van der Waals surface area (Å²) < 4.78 is 15.6. The Bertz CT molecular complexity index is 682. The Hall–Kier alpha value is -2.45. The van der Waals surface area contributed by atoms with Gasteiger partial charge in [-0.05, 0) is 37.1 Å². The molecule has 0 radical (unpaired) electrons. The smallest absolute Gasteiger partial charge is 0.243 e. The van der Waals surface area contributed by atoms with Gasteiger partial charge in [0.2, 0.25) is 17.6 Å². The molecule has 0 spiro atoms. The van der Waals surface area contributed by atoms with E-state index < -0.39 is 6.04 Å². The van der Waals surface area contributed by atoms with E-state index in [1.807, 2.05) is 0 Å². The van der Waals surface area contributed by atoms with E-state index in [9.17, 15) is 4.79 Å². The number of carbonyl (C=O) groups excluding carboxylic acids is 1. The Labute approximate surface area is 139 Å². The van der Waals surface area contributed by atoms with E-state index >= 15 is 0 Å². The van der Waals surface area contributed by atoms with Crippen LogP contribution in [0.3, 0.4) is 0 Å². The number of nitrogens with zero attached hydrogens (tertiary/aromatic N) is 2. The first-order chi connectivity index (χ1) is 11.7. The number of aromatic nitrogens is 2. The summed E-state index contributed by atoms with van der Waals surface area (Å²) in [6.45, 7) is 0.404. The highest BCUT2D eigenvalue weighted by Gasteiger charge is 2.29. The van der Waals surface area contributed by atoms with Gasteiger partial charge in [-0.15, -0.1) is 0 Å². The molecule has 8 nitrogen and oxygen atoms in total. The van der Waals surface area contributed by atoms with E-state index in [4.69, 9.17) is 19.7 Å². The van der Waals surface area contributed by atoms with E-state index in [1.165, 1.54) is 7.11 Å². The molecule has 1 aliphatic rings. The van der Waals surface area contributed by atoms with E-state index in [0.29, 0.717) is 29.1 Å². The average molecular weight is 332 g/mol. The molecule has 24 heavy (non-hydrogen) atoms. The lowest BCUT2D eigenvalue weighted by molar-refractivity contribution is -0.118. The first kappa shape index (κ1) is 16.4. The zero-order valence-corrected chi connectivity index (χ0v) is 13.4. The lowest BCUT2D eigenvalue weighted by Gasteiger charge is -2.11. The maximum atomic E-state index is 11.8. The highest BCUT2D eigenvalue weighted by Crippen LogP contribution is 2.38. The van der Waals surface area contributed by atoms with E-state index in [-0.39, 0.29) is 19.1 Å². The molecule has 1 aliphatic carbocycles. The maximum Gasteiger partial charge on any atom is 0.243 e. The van der Waals surface area contributed by atoms with Gasteiger partial charge < -0.3 is 25.0 Å². The normalized spacial score (nSPS) is 15.1. The molecule has 0 bridgehead atoms. The summed E-state index contributed by atoms with van der Waals surface area (Å²) in [7, 11) is 1.50. The minimum Gasteiger partial charge on any atom is -0.485 e. The van der Waals surface area contributed by atoms with Crippen molar-refractivity contribution in [2.75, 3.05) is 19.0 Å². The molecule has 1 unspecified atom stereocenters. The van der Waals surface area contributed by atoms with Gasteiger partial charge in [0, 0.05) is 18.7 Å². The van der Waals surface area contributed by atoms with Crippen LogP contribution >= 0.6 is 0 Å². The Kier molecular flexibility index (Phi) is 5.07. The van der Waals surface area contributed by atoms with Crippen LogP contribution in [0.1, 0.15) is 30.5 Å². The summed E-state index contributed by atoms with van der Waals surface area (Å²) in [5, 5.41) is 6.60. The first-order valence-corrected chi connectivity index (χ1v) is 7.76. The Morgan fingerprint density at radius 1 is 1.42 bits per heavy atom. The highest BCUT2D eigenvalue weighted by molar-refractivity contribution is 5.94. The Morgan fingerprint density at radius 2 is 2.17 bits per heavy atom. The second kappa shape index (κ2) is 7.41. The maximum absolute atomic E-state index is 11.8. The number of benzene rings is 1. The molecule has 1 saturated carbocycles. The molecule has 2 aromatic rings. The van der Waals surface area contributed by atoms with Crippen LogP contribution in [0.5, 0.6) is 5.75 Å². The minimum atomic E-state index is -0.704. The second-order valence-electron chi connectivity index (χ2n) is 5.69. The number of methoxy groups -OCH3 is 1. The third-order valence-electron chi connectivity index (χ3n) is 3.58. The van der Waals surface area contributed by atoms with Crippen molar-refractivity contribution in [3.63, 3.8) is 0 Å². The molecule has 8 heteroatoms. The fraction of sp³-hybridized carbons (Fsp3) is 0.438. The molecule has 0 saturated heterocycles. The van der Waals surface area contributed by atoms with Gasteiger partial charge in [0.05, 0.1) is 6.61 Å². The van der Waals surface area contributed by atoms with Crippen molar-refractivity contribution in [3.8, 4) is 5.75 Å². The fourth-order valence-electron chi connectivity index (χ4n) is 2.09. The second-order valence-corrected chi connectivity index (χ2v) is 5.69. The first-order valence-electron chi connectivity index (χ1n) is 7.76. The number of carbonyl (C=O) groups is 1. The number of amides is 1. The summed E-state index contributed by atoms with van der Waals surface area (Å²) in [5.74, 6) is 1.99. The number of rotatable bonds is 8. The molecule has 1 amide bonds. The number of ether oxygens (including phenoxy) is 2. The predicted molar refractivity (Wildman–Crippen MR) is 85.5 cm³/mol. The monoisotopic (exact) mass is 332 g/mol. The molecule has 3 N–H and O–H groups in total. The van der Waals surface area contributed by atoms with Gasteiger partial charge in [0.25, 0.3) is 0 Å². The van der Waals surface area contributed by atoms with Crippen molar-refractivity contribution in [1.29, 1.82) is 0 Å². The SMILES string of the molecule is COCC(N)C(=O)Nc1ccc(OCc2noc(C3CC3)n2)cc1. The third kappa shape index (κ3) is 4.30. The molecule has 1 atom stereocenters. The van der Waals surface area contributed by atoms with Crippen LogP contribution in [0.2, 0.25) is 0 Å². The highest BCUT2D eigenvalue weighted by atomic mass is 16.5. The van der Waals surface area contributed by atoms with Gasteiger partial charge in [-0.3, -0.25) is 4.79 Å². The fourth-order valence-corrected chi connectivity index (χ4v) is 2.09. The summed E-state index contributed by atoms with van der Waals surface area (Å²) >= 11 is 0. The van der Waals surface area contributed by atoms with E-state index in [2.05, 4.69) is 15.5 Å². The van der Waals surface area contributed by atoms with Crippen LogP contribution in [0.25, 0.3) is 0 Å². The zero-order chi connectivity index (χ0) is 16.9. The standard InChI is InChI=1S/C16H20N4O4/c1-22-8-13(17)15(21)18-11-4-6-12(7-5-11)23-9-14-19-16(24-20-14)10-2-3-10/h4-7,10,13H,2-3,8-9,17H2,1H3,(H,18,21). The van der Waals surface area contributed by atoms with Gasteiger partial charge in [0.1, 0.15) is 11.8 Å². The number of nitrogens with one attached hydrogen (secondary N) is 1. The predicted octanol–water partition coefficient (Wildman–Crippen LogP) is 1.44. The molecular weight excluding hydrogens is 312 g/mol. The lowest BCUT2D eigenvalue weighted by Crippen LogP contribution is -2.39. The van der Waals surface area contributed by atoms with Gasteiger partial charge >= 0.3 is 0 Å². The van der Waals surface area contributed by atoms with Crippen molar-refractivity contribution in [1.82, 2.24) is 10.1 Å². The molecule has 1 aromatic heterocycles. The van der Waals surface area contributed by atoms with Crippen molar-refractivity contribution in [3.05, 3.63) is 36.0 Å². The molecule has 0 aliphatic heterocycles. The number of nitrogens with two attached hydrogens (primary N) is 1. The van der Waals surface area contributed by atoms with E-state index in [1.54, 1.807) is 24.3 Å². The molecule has 1 aromatic carbocycles. The molecular formula is C16H20N4O4. The largest absolute Gasteiger partial charge is 0.485 e. The minimum absolute atomic E-state index is 0.167. The topological polar surface area (TPSA) is 112 Å². The summed E-state index contributed by atoms with van der Waals surface area (Å²) in [6.07, 6.45) is 2.23. The molecule has 1 fully saturated rings. The number of hydrogen-bond acceptors (Lipinski definition) is 7. The van der Waals surface area contributed by atoms with E-state index in [0.717, 1.165) is 12.8 Å². The number of anilines is 1. The molecule has 3 rings (SSSR count). The summed E-state index contributed by atoms with van der Waals surface area (Å²) in [4.78, 5) is 16.1.